The lowest BCUT2D eigenvalue weighted by atomic mass is 9.83. The molecule has 0 fully saturated rings. The van der Waals surface area contributed by atoms with E-state index in [1.54, 1.807) is 7.11 Å². The number of hydrogen-bond acceptors (Lipinski definition) is 3. The van der Waals surface area contributed by atoms with Gasteiger partial charge >= 0.3 is 0 Å². The van der Waals surface area contributed by atoms with E-state index in [0.717, 1.165) is 25.3 Å². The summed E-state index contributed by atoms with van der Waals surface area (Å²) in [4.78, 5) is 0. The Balaban J connectivity index is 2.79. The second-order valence-electron chi connectivity index (χ2n) is 5.34. The second-order valence-corrected chi connectivity index (χ2v) is 5.34. The summed E-state index contributed by atoms with van der Waals surface area (Å²) in [6.45, 7) is 8.45. The zero-order valence-corrected chi connectivity index (χ0v) is 11.9. The van der Waals surface area contributed by atoms with Crippen molar-refractivity contribution in [2.75, 3.05) is 26.8 Å². The molecule has 18 heavy (non-hydrogen) atoms. The van der Waals surface area contributed by atoms with Crippen LogP contribution in [-0.2, 0) is 5.41 Å². The Morgan fingerprint density at radius 3 is 2.67 bits per heavy atom. The summed E-state index contributed by atoms with van der Waals surface area (Å²) in [6.07, 6.45) is 0.793. The van der Waals surface area contributed by atoms with Gasteiger partial charge in [0.15, 0.2) is 0 Å². The molecule has 102 valence electrons. The average Bonchev–Trinajstić information content (AvgIpc) is 2.35. The van der Waals surface area contributed by atoms with E-state index in [4.69, 9.17) is 9.84 Å². The molecule has 0 aromatic heterocycles. The third-order valence-corrected chi connectivity index (χ3v) is 3.16. The first-order valence-electron chi connectivity index (χ1n) is 6.48. The minimum atomic E-state index is 0.00676. The first kappa shape index (κ1) is 15.0. The molecule has 3 heteroatoms. The topological polar surface area (TPSA) is 41.5 Å². The fourth-order valence-electron chi connectivity index (χ4n) is 2.05. The minimum absolute atomic E-state index is 0.00676. The number of aliphatic hydroxyl groups is 1. The number of benzene rings is 1. The van der Waals surface area contributed by atoms with Gasteiger partial charge in [-0.15, -0.1) is 0 Å². The van der Waals surface area contributed by atoms with Crippen molar-refractivity contribution in [2.45, 2.75) is 32.6 Å². The molecule has 1 aromatic carbocycles. The maximum atomic E-state index is 8.77. The highest BCUT2D eigenvalue weighted by Gasteiger charge is 2.24. The van der Waals surface area contributed by atoms with E-state index in [0.29, 0.717) is 0 Å². The molecule has 3 nitrogen and oxygen atoms in total. The Bertz CT molecular complexity index is 375. The standard InChI is InChI=1S/C15H25NO2/c1-12-6-7-14(18-4)13(10-12)15(2,3)11-16-8-5-9-17/h6-7,10,16-17H,5,8-9,11H2,1-4H3. The summed E-state index contributed by atoms with van der Waals surface area (Å²) < 4.78 is 5.45. The van der Waals surface area contributed by atoms with Gasteiger partial charge in [0.25, 0.3) is 0 Å². The summed E-state index contributed by atoms with van der Waals surface area (Å²) in [5, 5.41) is 12.2. The van der Waals surface area contributed by atoms with Crippen molar-refractivity contribution in [1.29, 1.82) is 0 Å². The largest absolute Gasteiger partial charge is 0.496 e. The third kappa shape index (κ3) is 4.00. The molecular formula is C15H25NO2. The highest BCUT2D eigenvalue weighted by atomic mass is 16.5. The fraction of sp³-hybridized carbons (Fsp3) is 0.600. The van der Waals surface area contributed by atoms with Crippen LogP contribution in [0.25, 0.3) is 0 Å². The van der Waals surface area contributed by atoms with Crippen molar-refractivity contribution in [3.05, 3.63) is 29.3 Å². The highest BCUT2D eigenvalue weighted by Crippen LogP contribution is 2.31. The molecule has 0 aliphatic heterocycles. The lowest BCUT2D eigenvalue weighted by Crippen LogP contribution is -2.34. The van der Waals surface area contributed by atoms with Gasteiger partial charge in [-0.05, 0) is 26.0 Å². The number of rotatable bonds is 7. The number of hydrogen-bond donors (Lipinski definition) is 2. The predicted octanol–water partition coefficient (Wildman–Crippen LogP) is 2.25. The van der Waals surface area contributed by atoms with Crippen LogP contribution < -0.4 is 10.1 Å². The van der Waals surface area contributed by atoms with Crippen LogP contribution in [0.5, 0.6) is 5.75 Å². The molecule has 0 aliphatic carbocycles. The molecule has 0 spiro atoms. The molecule has 0 bridgehead atoms. The molecule has 2 N–H and O–H groups in total. The van der Waals surface area contributed by atoms with E-state index in [2.05, 4.69) is 38.2 Å². The van der Waals surface area contributed by atoms with Gasteiger partial charge in [0.2, 0.25) is 0 Å². The first-order chi connectivity index (χ1) is 8.51. The number of nitrogens with one attached hydrogen (secondary N) is 1. The lowest BCUT2D eigenvalue weighted by Gasteiger charge is -2.28. The Labute approximate surface area is 110 Å². The zero-order chi connectivity index (χ0) is 13.6. The predicted molar refractivity (Wildman–Crippen MR) is 75.3 cm³/mol. The van der Waals surface area contributed by atoms with Gasteiger partial charge < -0.3 is 15.2 Å². The van der Waals surface area contributed by atoms with Crippen LogP contribution in [0.3, 0.4) is 0 Å². The molecule has 1 rings (SSSR count). The molecule has 0 aliphatic rings. The molecule has 0 unspecified atom stereocenters. The monoisotopic (exact) mass is 251 g/mol. The van der Waals surface area contributed by atoms with Crippen LogP contribution in [0.2, 0.25) is 0 Å². The molecular weight excluding hydrogens is 226 g/mol. The zero-order valence-electron chi connectivity index (χ0n) is 11.9. The smallest absolute Gasteiger partial charge is 0.122 e. The molecule has 0 atom stereocenters. The van der Waals surface area contributed by atoms with Crippen molar-refractivity contribution in [3.8, 4) is 5.75 Å². The van der Waals surface area contributed by atoms with Crippen LogP contribution in [0.15, 0.2) is 18.2 Å². The lowest BCUT2D eigenvalue weighted by molar-refractivity contribution is 0.283. The van der Waals surface area contributed by atoms with E-state index in [1.807, 2.05) is 6.07 Å². The van der Waals surface area contributed by atoms with E-state index in [9.17, 15) is 0 Å². The Kier molecular flexibility index (Phi) is 5.63. The van der Waals surface area contributed by atoms with Crippen LogP contribution in [0.1, 0.15) is 31.4 Å². The third-order valence-electron chi connectivity index (χ3n) is 3.16. The number of methoxy groups -OCH3 is 1. The summed E-state index contributed by atoms with van der Waals surface area (Å²) in [5.74, 6) is 0.939. The maximum Gasteiger partial charge on any atom is 0.122 e. The maximum absolute atomic E-state index is 8.77. The van der Waals surface area contributed by atoms with Crippen LogP contribution in [0.4, 0.5) is 0 Å². The first-order valence-corrected chi connectivity index (χ1v) is 6.48. The molecule has 0 saturated carbocycles. The van der Waals surface area contributed by atoms with Crippen molar-refractivity contribution in [3.63, 3.8) is 0 Å². The molecule has 0 saturated heterocycles. The Morgan fingerprint density at radius 1 is 1.33 bits per heavy atom. The number of aliphatic hydroxyl groups excluding tert-OH is 1. The van der Waals surface area contributed by atoms with Gasteiger partial charge in [0.05, 0.1) is 7.11 Å². The van der Waals surface area contributed by atoms with Gasteiger partial charge in [-0.25, -0.2) is 0 Å². The van der Waals surface area contributed by atoms with Crippen molar-refractivity contribution in [1.82, 2.24) is 5.32 Å². The normalized spacial score (nSPS) is 11.6. The molecule has 0 amide bonds. The van der Waals surface area contributed by atoms with E-state index >= 15 is 0 Å². The Morgan fingerprint density at radius 2 is 2.06 bits per heavy atom. The summed E-state index contributed by atoms with van der Waals surface area (Å²) in [5.41, 5.74) is 2.48. The van der Waals surface area contributed by atoms with Gasteiger partial charge in [0.1, 0.15) is 5.75 Å². The van der Waals surface area contributed by atoms with E-state index < -0.39 is 0 Å². The van der Waals surface area contributed by atoms with Gasteiger partial charge in [-0.2, -0.15) is 0 Å². The summed E-state index contributed by atoms with van der Waals surface area (Å²) in [7, 11) is 1.71. The van der Waals surface area contributed by atoms with Crippen molar-refractivity contribution >= 4 is 0 Å². The van der Waals surface area contributed by atoms with E-state index in [-0.39, 0.29) is 12.0 Å². The summed E-state index contributed by atoms with van der Waals surface area (Å²) >= 11 is 0. The quantitative estimate of drug-likeness (QED) is 0.730. The van der Waals surface area contributed by atoms with E-state index in [1.165, 1.54) is 11.1 Å². The molecule has 1 aromatic rings. The summed E-state index contributed by atoms with van der Waals surface area (Å²) in [6, 6.07) is 6.28. The fourth-order valence-corrected chi connectivity index (χ4v) is 2.05. The Hall–Kier alpha value is -1.06. The van der Waals surface area contributed by atoms with Crippen LogP contribution in [-0.4, -0.2) is 31.9 Å². The van der Waals surface area contributed by atoms with Crippen LogP contribution in [0, 0.1) is 6.92 Å². The van der Waals surface area contributed by atoms with Crippen molar-refractivity contribution < 1.29 is 9.84 Å². The average molecular weight is 251 g/mol. The second kappa shape index (κ2) is 6.76. The molecule has 0 heterocycles. The SMILES string of the molecule is COc1ccc(C)cc1C(C)(C)CNCCCO. The van der Waals surface area contributed by atoms with Crippen molar-refractivity contribution in [2.24, 2.45) is 0 Å². The number of ether oxygens (including phenoxy) is 1. The van der Waals surface area contributed by atoms with Gasteiger partial charge in [-0.3, -0.25) is 0 Å². The number of aryl methyl sites for hydroxylation is 1. The van der Waals surface area contributed by atoms with Gasteiger partial charge in [0, 0.05) is 24.1 Å². The van der Waals surface area contributed by atoms with Crippen LogP contribution >= 0.6 is 0 Å². The highest BCUT2D eigenvalue weighted by molar-refractivity contribution is 5.41. The minimum Gasteiger partial charge on any atom is -0.496 e. The molecule has 0 radical (unpaired) electrons. The van der Waals surface area contributed by atoms with Gasteiger partial charge in [-0.1, -0.05) is 31.5 Å².